The molecule has 3 heterocycles. The summed E-state index contributed by atoms with van der Waals surface area (Å²) in [5.41, 5.74) is 3.41. The van der Waals surface area contributed by atoms with Gasteiger partial charge >= 0.3 is 5.97 Å². The van der Waals surface area contributed by atoms with Gasteiger partial charge in [-0.1, -0.05) is 5.16 Å². The highest BCUT2D eigenvalue weighted by atomic mass is 16.5. The topological polar surface area (TPSA) is 123 Å². The molecule has 3 aromatic heterocycles. The summed E-state index contributed by atoms with van der Waals surface area (Å²) in [6.07, 6.45) is 8.66. The lowest BCUT2D eigenvalue weighted by Gasteiger charge is -2.27. The van der Waals surface area contributed by atoms with Crippen LogP contribution < -0.4 is 10.1 Å². The first kappa shape index (κ1) is 21.4. The van der Waals surface area contributed by atoms with E-state index in [-0.39, 0.29) is 12.0 Å². The monoisotopic (exact) mass is 449 g/mol. The standard InChI is InChI=1S/C24H27N5O4/c1-14-19(13-27-24-25-10-9-20(28-24)15-5-6-15)22(33-29-14)21-8-7-18(12-26-21)32-17-4-2-3-16(11-17)23(30)31/h7-10,12,15-17H,2-6,11,13H2,1H3,(H,30,31)(H,25,27,28)/t16-,17-/m0/s1. The van der Waals surface area contributed by atoms with Gasteiger partial charge in [-0.3, -0.25) is 4.79 Å². The van der Waals surface area contributed by atoms with E-state index in [1.54, 1.807) is 12.4 Å². The Balaban J connectivity index is 1.25. The van der Waals surface area contributed by atoms with Gasteiger partial charge in [0.05, 0.1) is 23.9 Å². The first-order chi connectivity index (χ1) is 16.1. The molecule has 0 aromatic carbocycles. The zero-order valence-corrected chi connectivity index (χ0v) is 18.5. The molecule has 0 aliphatic heterocycles. The van der Waals surface area contributed by atoms with Gasteiger partial charge < -0.3 is 19.7 Å². The number of nitrogens with one attached hydrogen (secondary N) is 1. The van der Waals surface area contributed by atoms with Crippen LogP contribution in [-0.2, 0) is 11.3 Å². The zero-order chi connectivity index (χ0) is 22.8. The number of carboxylic acids is 1. The average Bonchev–Trinajstić information content (AvgIpc) is 3.62. The van der Waals surface area contributed by atoms with E-state index in [1.807, 2.05) is 25.1 Å². The molecule has 2 atom stereocenters. The van der Waals surface area contributed by atoms with Gasteiger partial charge in [-0.15, -0.1) is 0 Å². The predicted molar refractivity (Wildman–Crippen MR) is 120 cm³/mol. The zero-order valence-electron chi connectivity index (χ0n) is 18.5. The van der Waals surface area contributed by atoms with E-state index in [2.05, 4.69) is 25.4 Å². The number of pyridine rings is 1. The summed E-state index contributed by atoms with van der Waals surface area (Å²) < 4.78 is 11.6. The molecule has 9 nitrogen and oxygen atoms in total. The number of hydrogen-bond acceptors (Lipinski definition) is 8. The summed E-state index contributed by atoms with van der Waals surface area (Å²) in [6, 6.07) is 5.64. The summed E-state index contributed by atoms with van der Waals surface area (Å²) in [7, 11) is 0. The highest BCUT2D eigenvalue weighted by Crippen LogP contribution is 2.39. The number of hydrogen-bond donors (Lipinski definition) is 2. The largest absolute Gasteiger partial charge is 0.489 e. The summed E-state index contributed by atoms with van der Waals surface area (Å²) in [5, 5.41) is 16.7. The van der Waals surface area contributed by atoms with E-state index in [9.17, 15) is 9.90 Å². The highest BCUT2D eigenvalue weighted by Gasteiger charge is 2.28. The quantitative estimate of drug-likeness (QED) is 0.516. The van der Waals surface area contributed by atoms with Crippen LogP contribution in [0.15, 0.2) is 35.1 Å². The molecule has 2 fully saturated rings. The Morgan fingerprint density at radius 2 is 2.09 bits per heavy atom. The molecule has 0 spiro atoms. The van der Waals surface area contributed by atoms with Gasteiger partial charge in [-0.25, -0.2) is 15.0 Å². The summed E-state index contributed by atoms with van der Waals surface area (Å²) in [4.78, 5) is 24.7. The third-order valence-electron chi connectivity index (χ3n) is 6.33. The number of carboxylic acid groups (broad SMARTS) is 1. The minimum absolute atomic E-state index is 0.105. The Labute approximate surface area is 191 Å². The van der Waals surface area contributed by atoms with Gasteiger partial charge in [0.15, 0.2) is 5.76 Å². The van der Waals surface area contributed by atoms with Gasteiger partial charge in [0, 0.05) is 29.9 Å². The molecule has 2 saturated carbocycles. The molecule has 0 saturated heterocycles. The number of rotatable bonds is 8. The lowest BCUT2D eigenvalue weighted by Crippen LogP contribution is -2.29. The molecule has 2 N–H and O–H groups in total. The molecule has 3 aromatic rings. The molecule has 33 heavy (non-hydrogen) atoms. The second-order valence-corrected chi connectivity index (χ2v) is 8.83. The van der Waals surface area contributed by atoms with Crippen LogP contribution in [0.4, 0.5) is 5.95 Å². The number of nitrogens with zero attached hydrogens (tertiary/aromatic N) is 4. The van der Waals surface area contributed by atoms with Crippen LogP contribution >= 0.6 is 0 Å². The van der Waals surface area contributed by atoms with Crippen molar-refractivity contribution >= 4 is 11.9 Å². The maximum Gasteiger partial charge on any atom is 0.306 e. The molecule has 0 unspecified atom stereocenters. The SMILES string of the molecule is Cc1noc(-c2ccc(O[C@H]3CCC[C@H](C(=O)O)C3)cn2)c1CNc1nccc(C2CC2)n1. The Morgan fingerprint density at radius 1 is 1.21 bits per heavy atom. The molecular formula is C24H27N5O4. The minimum Gasteiger partial charge on any atom is -0.489 e. The van der Waals surface area contributed by atoms with Crippen molar-refractivity contribution in [1.29, 1.82) is 0 Å². The second kappa shape index (κ2) is 9.17. The van der Waals surface area contributed by atoms with Gasteiger partial charge in [0.1, 0.15) is 11.4 Å². The Hall–Kier alpha value is -3.49. The Bertz CT molecular complexity index is 1130. The Morgan fingerprint density at radius 3 is 2.85 bits per heavy atom. The van der Waals surface area contributed by atoms with E-state index in [0.29, 0.717) is 48.5 Å². The molecule has 5 rings (SSSR count). The molecule has 0 bridgehead atoms. The van der Waals surface area contributed by atoms with Crippen molar-refractivity contribution < 1.29 is 19.2 Å². The first-order valence-corrected chi connectivity index (χ1v) is 11.4. The van der Waals surface area contributed by atoms with E-state index in [0.717, 1.165) is 29.8 Å². The van der Waals surface area contributed by atoms with Crippen LogP contribution in [0.5, 0.6) is 5.75 Å². The van der Waals surface area contributed by atoms with E-state index >= 15 is 0 Å². The summed E-state index contributed by atoms with van der Waals surface area (Å²) in [6.45, 7) is 2.36. The van der Waals surface area contributed by atoms with Crippen LogP contribution in [0, 0.1) is 12.8 Å². The molecule has 2 aliphatic rings. The Kier molecular flexibility index (Phi) is 5.93. The maximum atomic E-state index is 11.3. The van der Waals surface area contributed by atoms with E-state index in [1.165, 1.54) is 12.8 Å². The van der Waals surface area contributed by atoms with E-state index in [4.69, 9.17) is 9.26 Å². The number of aryl methyl sites for hydroxylation is 1. The fourth-order valence-corrected chi connectivity index (χ4v) is 4.28. The van der Waals surface area contributed by atoms with Crippen molar-refractivity contribution in [3.8, 4) is 17.2 Å². The van der Waals surface area contributed by atoms with Gasteiger partial charge in [0.25, 0.3) is 0 Å². The molecule has 9 heteroatoms. The van der Waals surface area contributed by atoms with Crippen LogP contribution in [-0.4, -0.2) is 37.3 Å². The number of aliphatic carboxylic acids is 1. The predicted octanol–water partition coefficient (Wildman–Crippen LogP) is 4.35. The van der Waals surface area contributed by atoms with Crippen molar-refractivity contribution in [2.24, 2.45) is 5.92 Å². The van der Waals surface area contributed by atoms with Crippen LogP contribution in [0.2, 0.25) is 0 Å². The lowest BCUT2D eigenvalue weighted by atomic mass is 9.87. The smallest absolute Gasteiger partial charge is 0.306 e. The normalized spacial score (nSPS) is 20.4. The third kappa shape index (κ3) is 4.97. The summed E-state index contributed by atoms with van der Waals surface area (Å²) in [5.74, 6) is 1.29. The summed E-state index contributed by atoms with van der Waals surface area (Å²) >= 11 is 0. The maximum absolute atomic E-state index is 11.3. The molecule has 2 aliphatic carbocycles. The number of anilines is 1. The van der Waals surface area contributed by atoms with Crippen molar-refractivity contribution in [3.63, 3.8) is 0 Å². The first-order valence-electron chi connectivity index (χ1n) is 11.4. The molecule has 0 amide bonds. The van der Waals surface area contributed by atoms with Crippen LogP contribution in [0.3, 0.4) is 0 Å². The van der Waals surface area contributed by atoms with Crippen molar-refractivity contribution in [2.45, 2.75) is 64.0 Å². The van der Waals surface area contributed by atoms with Crippen molar-refractivity contribution in [2.75, 3.05) is 5.32 Å². The van der Waals surface area contributed by atoms with E-state index < -0.39 is 5.97 Å². The van der Waals surface area contributed by atoms with Gasteiger partial charge in [-0.2, -0.15) is 0 Å². The van der Waals surface area contributed by atoms with Gasteiger partial charge in [-0.05, 0) is 63.6 Å². The second-order valence-electron chi connectivity index (χ2n) is 8.83. The highest BCUT2D eigenvalue weighted by molar-refractivity contribution is 5.70. The lowest BCUT2D eigenvalue weighted by molar-refractivity contribution is -0.143. The average molecular weight is 450 g/mol. The molecular weight excluding hydrogens is 422 g/mol. The fraction of sp³-hybridized carbons (Fsp3) is 0.458. The van der Waals surface area contributed by atoms with Crippen molar-refractivity contribution in [3.05, 3.63) is 47.5 Å². The van der Waals surface area contributed by atoms with Crippen LogP contribution in [0.25, 0.3) is 11.5 Å². The van der Waals surface area contributed by atoms with Crippen molar-refractivity contribution in [1.82, 2.24) is 20.1 Å². The van der Waals surface area contributed by atoms with Crippen LogP contribution in [0.1, 0.15) is 61.4 Å². The van der Waals surface area contributed by atoms with Gasteiger partial charge in [0.2, 0.25) is 5.95 Å². The minimum atomic E-state index is -0.747. The fourth-order valence-electron chi connectivity index (χ4n) is 4.28. The number of ether oxygens (including phenoxy) is 1. The molecule has 0 radical (unpaired) electrons. The number of carbonyl (C=O) groups is 1. The third-order valence-corrected chi connectivity index (χ3v) is 6.33. The molecule has 172 valence electrons. The number of aromatic nitrogens is 4.